The fourth-order valence-electron chi connectivity index (χ4n) is 2.14. The molecule has 2 rings (SSSR count). The van der Waals surface area contributed by atoms with Crippen LogP contribution in [-0.4, -0.2) is 12.6 Å². The van der Waals surface area contributed by atoms with Crippen molar-refractivity contribution in [2.75, 3.05) is 6.61 Å². The number of ether oxygens (including phenoxy) is 1. The van der Waals surface area contributed by atoms with Gasteiger partial charge >= 0.3 is 5.97 Å². The van der Waals surface area contributed by atoms with E-state index in [9.17, 15) is 4.79 Å². The summed E-state index contributed by atoms with van der Waals surface area (Å²) in [5.41, 5.74) is 3.36. The highest BCUT2D eigenvalue weighted by Crippen LogP contribution is 2.24. The molecule has 0 aliphatic heterocycles. The van der Waals surface area contributed by atoms with E-state index in [1.54, 1.807) is 0 Å². The molecule has 1 aliphatic carbocycles. The lowest BCUT2D eigenvalue weighted by molar-refractivity contribution is -0.140. The summed E-state index contributed by atoms with van der Waals surface area (Å²) < 4.78 is 5.10. The van der Waals surface area contributed by atoms with Gasteiger partial charge in [0, 0.05) is 18.1 Å². The van der Waals surface area contributed by atoms with E-state index in [1.807, 2.05) is 30.3 Å². The molecular weight excluding hydrogens is 236 g/mol. The van der Waals surface area contributed by atoms with E-state index >= 15 is 0 Å². The van der Waals surface area contributed by atoms with Gasteiger partial charge in [-0.1, -0.05) is 30.0 Å². The Morgan fingerprint density at radius 2 is 1.89 bits per heavy atom. The Balaban J connectivity index is 2.14. The largest absolute Gasteiger partial charge is 0.461 e. The summed E-state index contributed by atoms with van der Waals surface area (Å²) in [5, 5.41) is 0. The monoisotopic (exact) mass is 254 g/mol. The van der Waals surface area contributed by atoms with Crippen LogP contribution in [0.1, 0.15) is 38.2 Å². The molecule has 0 spiro atoms. The molecule has 0 unspecified atom stereocenters. The van der Waals surface area contributed by atoms with Gasteiger partial charge in [0.1, 0.15) is 6.61 Å². The number of carbonyl (C=O) groups excluding carboxylic acids is 1. The van der Waals surface area contributed by atoms with Gasteiger partial charge < -0.3 is 4.74 Å². The summed E-state index contributed by atoms with van der Waals surface area (Å²) in [4.78, 5) is 10.9. The first kappa shape index (κ1) is 13.4. The Morgan fingerprint density at radius 3 is 2.63 bits per heavy atom. The van der Waals surface area contributed by atoms with E-state index in [4.69, 9.17) is 4.74 Å². The molecule has 1 aromatic carbocycles. The molecule has 0 heterocycles. The van der Waals surface area contributed by atoms with E-state index in [0.29, 0.717) is 6.61 Å². The second kappa shape index (κ2) is 6.80. The van der Waals surface area contributed by atoms with Crippen molar-refractivity contribution in [3.63, 3.8) is 0 Å². The smallest absolute Gasteiger partial charge is 0.302 e. The van der Waals surface area contributed by atoms with Crippen molar-refractivity contribution in [2.45, 2.75) is 32.6 Å². The van der Waals surface area contributed by atoms with Crippen LogP contribution in [0.25, 0.3) is 0 Å². The summed E-state index contributed by atoms with van der Waals surface area (Å²) in [5.74, 6) is 6.21. The van der Waals surface area contributed by atoms with E-state index in [0.717, 1.165) is 30.4 Å². The molecular formula is C17H18O2. The highest BCUT2D eigenvalue weighted by molar-refractivity contribution is 5.66. The first-order valence-corrected chi connectivity index (χ1v) is 6.67. The van der Waals surface area contributed by atoms with Gasteiger partial charge in [-0.15, -0.1) is 0 Å². The molecule has 0 amide bonds. The normalized spacial score (nSPS) is 14.6. The molecule has 1 aliphatic rings. The molecule has 0 saturated carbocycles. The quantitative estimate of drug-likeness (QED) is 0.596. The zero-order valence-electron chi connectivity index (χ0n) is 11.2. The summed E-state index contributed by atoms with van der Waals surface area (Å²) in [6.45, 7) is 1.84. The van der Waals surface area contributed by atoms with Crippen LogP contribution in [0, 0.1) is 11.8 Å². The number of rotatable bonds is 2. The topological polar surface area (TPSA) is 26.3 Å². The summed E-state index contributed by atoms with van der Waals surface area (Å²) in [6.07, 6.45) is 4.32. The lowest BCUT2D eigenvalue weighted by Gasteiger charge is -2.16. The first-order valence-electron chi connectivity index (χ1n) is 6.67. The van der Waals surface area contributed by atoms with Gasteiger partial charge in [0.25, 0.3) is 0 Å². The van der Waals surface area contributed by atoms with E-state index in [2.05, 4.69) is 11.8 Å². The third kappa shape index (κ3) is 4.30. The SMILES string of the molecule is CC(=O)OCC1=C(C#Cc2ccccc2)CCCC1. The number of hydrogen-bond donors (Lipinski definition) is 0. The van der Waals surface area contributed by atoms with Crippen LogP contribution in [-0.2, 0) is 9.53 Å². The summed E-state index contributed by atoms with van der Waals surface area (Å²) in [7, 11) is 0. The van der Waals surface area contributed by atoms with Crippen LogP contribution in [0.15, 0.2) is 41.5 Å². The van der Waals surface area contributed by atoms with Crippen molar-refractivity contribution in [1.82, 2.24) is 0 Å². The Bertz CT molecular complexity index is 529. The summed E-state index contributed by atoms with van der Waals surface area (Å²) >= 11 is 0. The summed E-state index contributed by atoms with van der Waals surface area (Å²) in [6, 6.07) is 9.96. The Hall–Kier alpha value is -2.01. The zero-order valence-corrected chi connectivity index (χ0v) is 11.2. The Labute approximate surface area is 114 Å². The van der Waals surface area contributed by atoms with Crippen LogP contribution in [0.5, 0.6) is 0 Å². The van der Waals surface area contributed by atoms with Gasteiger partial charge in [-0.2, -0.15) is 0 Å². The van der Waals surface area contributed by atoms with Gasteiger partial charge in [-0.3, -0.25) is 4.79 Å². The fourth-order valence-corrected chi connectivity index (χ4v) is 2.14. The Morgan fingerprint density at radius 1 is 1.16 bits per heavy atom. The number of carbonyl (C=O) groups is 1. The van der Waals surface area contributed by atoms with Crippen molar-refractivity contribution in [3.05, 3.63) is 47.0 Å². The van der Waals surface area contributed by atoms with Gasteiger partial charge in [0.05, 0.1) is 0 Å². The van der Waals surface area contributed by atoms with Crippen molar-refractivity contribution in [3.8, 4) is 11.8 Å². The second-order valence-corrected chi connectivity index (χ2v) is 4.69. The molecule has 0 saturated heterocycles. The van der Waals surface area contributed by atoms with Gasteiger partial charge in [0.2, 0.25) is 0 Å². The lowest BCUT2D eigenvalue weighted by atomic mass is 9.92. The molecule has 2 heteroatoms. The maximum absolute atomic E-state index is 10.9. The van der Waals surface area contributed by atoms with Crippen LogP contribution < -0.4 is 0 Å². The maximum atomic E-state index is 10.9. The lowest BCUT2D eigenvalue weighted by Crippen LogP contribution is -2.08. The zero-order chi connectivity index (χ0) is 13.5. The number of allylic oxidation sites excluding steroid dienone is 1. The minimum absolute atomic E-state index is 0.228. The molecule has 0 fully saturated rings. The van der Waals surface area contributed by atoms with Gasteiger partial charge in [-0.05, 0) is 43.4 Å². The van der Waals surface area contributed by atoms with Crippen molar-refractivity contribution in [2.24, 2.45) is 0 Å². The number of hydrogen-bond acceptors (Lipinski definition) is 2. The third-order valence-electron chi connectivity index (χ3n) is 3.16. The molecule has 2 nitrogen and oxygen atoms in total. The highest BCUT2D eigenvalue weighted by atomic mass is 16.5. The molecule has 0 atom stereocenters. The molecule has 0 aromatic heterocycles. The van der Waals surface area contributed by atoms with E-state index in [1.165, 1.54) is 18.9 Å². The fraction of sp³-hybridized carbons (Fsp3) is 0.353. The Kier molecular flexibility index (Phi) is 4.80. The van der Waals surface area contributed by atoms with Crippen LogP contribution >= 0.6 is 0 Å². The van der Waals surface area contributed by atoms with E-state index < -0.39 is 0 Å². The van der Waals surface area contributed by atoms with Crippen molar-refractivity contribution in [1.29, 1.82) is 0 Å². The molecule has 1 aromatic rings. The van der Waals surface area contributed by atoms with Crippen LogP contribution in [0.2, 0.25) is 0 Å². The molecule has 0 N–H and O–H groups in total. The number of esters is 1. The van der Waals surface area contributed by atoms with Crippen LogP contribution in [0.4, 0.5) is 0 Å². The maximum Gasteiger partial charge on any atom is 0.302 e. The van der Waals surface area contributed by atoms with Crippen molar-refractivity contribution >= 4 is 5.97 Å². The van der Waals surface area contributed by atoms with Gasteiger partial charge in [0.15, 0.2) is 0 Å². The van der Waals surface area contributed by atoms with E-state index in [-0.39, 0.29) is 5.97 Å². The van der Waals surface area contributed by atoms with Crippen LogP contribution in [0.3, 0.4) is 0 Å². The first-order chi connectivity index (χ1) is 9.25. The highest BCUT2D eigenvalue weighted by Gasteiger charge is 2.12. The average molecular weight is 254 g/mol. The standard InChI is InChI=1S/C17H18O2/c1-14(18)19-13-17-10-6-5-9-16(17)12-11-15-7-3-2-4-8-15/h2-4,7-8H,5-6,9-10,13H2,1H3. The second-order valence-electron chi connectivity index (χ2n) is 4.69. The van der Waals surface area contributed by atoms with Crippen molar-refractivity contribution < 1.29 is 9.53 Å². The number of benzene rings is 1. The molecule has 0 radical (unpaired) electrons. The minimum Gasteiger partial charge on any atom is -0.461 e. The molecule has 0 bridgehead atoms. The molecule has 98 valence electrons. The predicted molar refractivity (Wildman–Crippen MR) is 75.4 cm³/mol. The third-order valence-corrected chi connectivity index (χ3v) is 3.16. The predicted octanol–water partition coefficient (Wildman–Crippen LogP) is 3.47. The minimum atomic E-state index is -0.228. The average Bonchev–Trinajstić information content (AvgIpc) is 2.45. The molecule has 19 heavy (non-hydrogen) atoms. The van der Waals surface area contributed by atoms with Gasteiger partial charge in [-0.25, -0.2) is 0 Å².